The summed E-state index contributed by atoms with van der Waals surface area (Å²) in [7, 11) is 0.616. The number of carbonyl (C=O) groups is 4. The minimum Gasteiger partial charge on any atom is -0.452 e. The van der Waals surface area contributed by atoms with Gasteiger partial charge in [-0.25, -0.2) is 19.2 Å². The standard InChI is InChI=1S/C15H11F12NO9/c1-4(34-8(29)12(16,17)18)6(36-10(31)14(22,23)24)7(37-11(32)15(25,26)27)5(3-28-33-2)35-9(30)13(19,20)21/h3-7H,1-2H3/b28-3-. The maximum absolute atomic E-state index is 12.7. The van der Waals surface area contributed by atoms with Gasteiger partial charge in [-0.2, -0.15) is 52.7 Å². The third-order valence-electron chi connectivity index (χ3n) is 3.37. The van der Waals surface area contributed by atoms with Crippen molar-refractivity contribution in [1.29, 1.82) is 0 Å². The lowest BCUT2D eigenvalue weighted by Crippen LogP contribution is -2.54. The van der Waals surface area contributed by atoms with E-state index in [1.54, 1.807) is 0 Å². The normalized spacial score (nSPS) is 16.3. The summed E-state index contributed by atoms with van der Waals surface area (Å²) >= 11 is 0. The number of hydrogen-bond donors (Lipinski definition) is 0. The number of ether oxygens (including phenoxy) is 4. The Balaban J connectivity index is 6.87. The second-order valence-corrected chi connectivity index (χ2v) is 6.15. The molecule has 0 N–H and O–H groups in total. The topological polar surface area (TPSA) is 127 Å². The molecule has 4 unspecified atom stereocenters. The van der Waals surface area contributed by atoms with E-state index >= 15 is 0 Å². The molecule has 0 bridgehead atoms. The number of carbonyl (C=O) groups excluding carboxylic acids is 4. The molecule has 0 aliphatic rings. The first-order valence-electron chi connectivity index (χ1n) is 8.60. The largest absolute Gasteiger partial charge is 0.490 e. The van der Waals surface area contributed by atoms with E-state index in [-0.39, 0.29) is 13.1 Å². The molecule has 0 rings (SSSR count). The van der Waals surface area contributed by atoms with Crippen LogP contribution in [0.4, 0.5) is 52.7 Å². The van der Waals surface area contributed by atoms with Crippen molar-refractivity contribution < 1.29 is 95.6 Å². The minimum absolute atomic E-state index is 0.141. The maximum Gasteiger partial charge on any atom is 0.490 e. The fraction of sp³-hybridized carbons (Fsp3) is 0.667. The van der Waals surface area contributed by atoms with E-state index in [1.165, 1.54) is 0 Å². The molecule has 0 aromatic heterocycles. The highest BCUT2D eigenvalue weighted by Gasteiger charge is 2.54. The molecule has 0 aliphatic heterocycles. The number of esters is 4. The Morgan fingerprint density at radius 2 is 0.919 bits per heavy atom. The molecule has 0 saturated carbocycles. The van der Waals surface area contributed by atoms with Crippen molar-refractivity contribution in [2.75, 3.05) is 7.11 Å². The summed E-state index contributed by atoms with van der Waals surface area (Å²) in [6.45, 7) is 0.141. The highest BCUT2D eigenvalue weighted by Crippen LogP contribution is 2.28. The first-order valence-corrected chi connectivity index (χ1v) is 8.60. The van der Waals surface area contributed by atoms with E-state index in [2.05, 4.69) is 28.9 Å². The summed E-state index contributed by atoms with van der Waals surface area (Å²) in [4.78, 5) is 48.7. The van der Waals surface area contributed by atoms with Crippen molar-refractivity contribution in [2.45, 2.75) is 56.0 Å². The minimum atomic E-state index is -6.08. The van der Waals surface area contributed by atoms with Crippen LogP contribution in [0.25, 0.3) is 0 Å². The molecule has 0 aromatic rings. The van der Waals surface area contributed by atoms with E-state index in [9.17, 15) is 71.9 Å². The summed E-state index contributed by atoms with van der Waals surface area (Å²) in [6, 6.07) is 0. The van der Waals surface area contributed by atoms with Crippen LogP contribution in [0.15, 0.2) is 5.16 Å². The maximum atomic E-state index is 12.7. The monoisotopic (exact) mass is 577 g/mol. The van der Waals surface area contributed by atoms with Crippen molar-refractivity contribution in [3.05, 3.63) is 0 Å². The van der Waals surface area contributed by atoms with Crippen LogP contribution in [0.2, 0.25) is 0 Å². The molecule has 0 saturated heterocycles. The van der Waals surface area contributed by atoms with Gasteiger partial charge in [-0.05, 0) is 6.92 Å². The van der Waals surface area contributed by atoms with Crippen molar-refractivity contribution in [3.8, 4) is 0 Å². The van der Waals surface area contributed by atoms with Crippen molar-refractivity contribution in [1.82, 2.24) is 0 Å². The number of nitrogens with zero attached hydrogens (tertiary/aromatic N) is 1. The molecule has 0 heterocycles. The van der Waals surface area contributed by atoms with Gasteiger partial charge >= 0.3 is 48.6 Å². The third kappa shape index (κ3) is 11.0. The zero-order valence-corrected chi connectivity index (χ0v) is 17.5. The summed E-state index contributed by atoms with van der Waals surface area (Å²) in [5.74, 6) is -13.4. The zero-order valence-electron chi connectivity index (χ0n) is 17.5. The van der Waals surface area contributed by atoms with Gasteiger partial charge in [0.25, 0.3) is 0 Å². The second-order valence-electron chi connectivity index (χ2n) is 6.15. The lowest BCUT2D eigenvalue weighted by Gasteiger charge is -2.33. The van der Waals surface area contributed by atoms with Gasteiger partial charge in [-0.1, -0.05) is 5.16 Å². The zero-order chi connectivity index (χ0) is 29.6. The van der Waals surface area contributed by atoms with E-state index in [4.69, 9.17) is 0 Å². The molecule has 37 heavy (non-hydrogen) atoms. The molecule has 0 spiro atoms. The molecular formula is C15H11F12NO9. The Bertz CT molecular complexity index is 863. The fourth-order valence-corrected chi connectivity index (χ4v) is 1.93. The number of oxime groups is 1. The molecule has 0 fully saturated rings. The molecule has 4 atom stereocenters. The smallest absolute Gasteiger partial charge is 0.452 e. The summed E-state index contributed by atoms with van der Waals surface area (Å²) in [5.41, 5.74) is 0. The Morgan fingerprint density at radius 3 is 1.27 bits per heavy atom. The summed E-state index contributed by atoms with van der Waals surface area (Å²) < 4.78 is 166. The molecule has 214 valence electrons. The molecule has 0 radical (unpaired) electrons. The highest BCUT2D eigenvalue weighted by atomic mass is 19.4. The van der Waals surface area contributed by atoms with Crippen LogP contribution in [0.5, 0.6) is 0 Å². The van der Waals surface area contributed by atoms with Gasteiger partial charge in [-0.15, -0.1) is 0 Å². The molecule has 10 nitrogen and oxygen atoms in total. The Morgan fingerprint density at radius 1 is 0.595 bits per heavy atom. The SMILES string of the molecule is CO/N=C\C(OC(=O)C(F)(F)F)C(OC(=O)C(F)(F)F)C(OC(=O)C(F)(F)F)C(C)OC(=O)C(F)(F)F. The van der Waals surface area contributed by atoms with E-state index in [0.717, 1.165) is 0 Å². The van der Waals surface area contributed by atoms with Crippen molar-refractivity contribution in [3.63, 3.8) is 0 Å². The van der Waals surface area contributed by atoms with Gasteiger partial charge in [0.05, 0.1) is 6.21 Å². The highest BCUT2D eigenvalue weighted by molar-refractivity contribution is 5.80. The molecule has 0 amide bonds. The molecule has 0 aromatic carbocycles. The van der Waals surface area contributed by atoms with Crippen molar-refractivity contribution >= 4 is 30.1 Å². The average molecular weight is 577 g/mol. The van der Waals surface area contributed by atoms with Crippen LogP contribution in [0.1, 0.15) is 6.92 Å². The van der Waals surface area contributed by atoms with Gasteiger partial charge in [0.15, 0.2) is 18.3 Å². The number of rotatable bonds is 9. The molecule has 22 heteroatoms. The van der Waals surface area contributed by atoms with E-state index in [1.807, 2.05) is 0 Å². The van der Waals surface area contributed by atoms with Crippen LogP contribution in [0.3, 0.4) is 0 Å². The van der Waals surface area contributed by atoms with Gasteiger partial charge in [0.2, 0.25) is 0 Å². The lowest BCUT2D eigenvalue weighted by atomic mass is 10.0. The van der Waals surface area contributed by atoms with Crippen LogP contribution >= 0.6 is 0 Å². The van der Waals surface area contributed by atoms with Gasteiger partial charge in [0, 0.05) is 0 Å². The van der Waals surface area contributed by atoms with Gasteiger partial charge < -0.3 is 23.8 Å². The third-order valence-corrected chi connectivity index (χ3v) is 3.37. The summed E-state index contributed by atoms with van der Waals surface area (Å²) in [6.07, 6.45) is -37.4. The predicted molar refractivity (Wildman–Crippen MR) is 84.9 cm³/mol. The second kappa shape index (κ2) is 12.2. The fourth-order valence-electron chi connectivity index (χ4n) is 1.93. The molecule has 0 aliphatic carbocycles. The summed E-state index contributed by atoms with van der Waals surface area (Å²) in [5, 5.41) is 2.67. The van der Waals surface area contributed by atoms with Crippen LogP contribution in [-0.4, -0.2) is 86.3 Å². The van der Waals surface area contributed by atoms with Gasteiger partial charge in [0.1, 0.15) is 13.2 Å². The quantitative estimate of drug-likeness (QED) is 0.134. The van der Waals surface area contributed by atoms with E-state index < -0.39 is 73.0 Å². The number of alkyl halides is 12. The average Bonchev–Trinajstić information content (AvgIpc) is 2.70. The Hall–Kier alpha value is -3.49. The Kier molecular flexibility index (Phi) is 11.0. The van der Waals surface area contributed by atoms with Crippen LogP contribution in [0, 0.1) is 0 Å². The van der Waals surface area contributed by atoms with Crippen LogP contribution in [-0.2, 0) is 43.0 Å². The first-order chi connectivity index (χ1) is 16.4. The Labute approximate surface area is 195 Å². The first kappa shape index (κ1) is 33.5. The molecular weight excluding hydrogens is 566 g/mol. The predicted octanol–water partition coefficient (Wildman–Crippen LogP) is 2.53. The van der Waals surface area contributed by atoms with E-state index in [0.29, 0.717) is 7.11 Å². The van der Waals surface area contributed by atoms with Crippen molar-refractivity contribution in [2.24, 2.45) is 5.16 Å². The van der Waals surface area contributed by atoms with Gasteiger partial charge in [-0.3, -0.25) is 0 Å². The van der Waals surface area contributed by atoms with Crippen LogP contribution < -0.4 is 0 Å². The lowest BCUT2D eigenvalue weighted by molar-refractivity contribution is -0.242. The number of hydrogen-bond acceptors (Lipinski definition) is 10. The number of halogens is 12.